The fraction of sp³-hybridized carbons (Fsp3) is 0.167. The second-order valence-electron chi connectivity index (χ2n) is 4.10. The number of anilines is 1. The Morgan fingerprint density at radius 2 is 1.86 bits per heavy atom. The van der Waals surface area contributed by atoms with Crippen LogP contribution in [-0.4, -0.2) is 35.0 Å². The second-order valence-corrected chi connectivity index (χ2v) is 4.10. The van der Waals surface area contributed by atoms with Gasteiger partial charge in [-0.1, -0.05) is 6.07 Å². The van der Waals surface area contributed by atoms with Crippen LogP contribution in [0.1, 0.15) is 16.8 Å². The lowest BCUT2D eigenvalue weighted by atomic mass is 10.2. The van der Waals surface area contributed by atoms with E-state index in [-0.39, 0.29) is 11.3 Å². The van der Waals surface area contributed by atoms with Gasteiger partial charge >= 0.3 is 12.0 Å². The molecule has 9 heteroatoms. The number of carbonyl (C=O) groups excluding carboxylic acids is 3. The molecule has 0 aliphatic rings. The van der Waals surface area contributed by atoms with Crippen molar-refractivity contribution in [3.63, 3.8) is 0 Å². The monoisotopic (exact) mass is 294 g/mol. The van der Waals surface area contributed by atoms with Gasteiger partial charge in [-0.05, 0) is 18.2 Å². The normalized spacial score (nSPS) is 11.2. The van der Waals surface area contributed by atoms with Gasteiger partial charge in [0.25, 0.3) is 0 Å². The molecular formula is C12H14N4O5. The lowest BCUT2D eigenvalue weighted by Gasteiger charge is -2.13. The minimum atomic E-state index is -1.44. The van der Waals surface area contributed by atoms with Crippen LogP contribution in [0, 0.1) is 0 Å². The predicted molar refractivity (Wildman–Crippen MR) is 72.3 cm³/mol. The summed E-state index contributed by atoms with van der Waals surface area (Å²) in [7, 11) is 0. The Kier molecular flexibility index (Phi) is 5.24. The first-order valence-electron chi connectivity index (χ1n) is 5.78. The third-order valence-electron chi connectivity index (χ3n) is 2.41. The summed E-state index contributed by atoms with van der Waals surface area (Å²) in [6.45, 7) is 0. The predicted octanol–water partition coefficient (Wildman–Crippen LogP) is -0.764. The summed E-state index contributed by atoms with van der Waals surface area (Å²) < 4.78 is 0. The van der Waals surface area contributed by atoms with Crippen molar-refractivity contribution in [1.29, 1.82) is 0 Å². The van der Waals surface area contributed by atoms with E-state index >= 15 is 0 Å². The van der Waals surface area contributed by atoms with Crippen molar-refractivity contribution < 1.29 is 24.3 Å². The van der Waals surface area contributed by atoms with E-state index in [1.54, 1.807) is 0 Å². The molecule has 1 atom stereocenters. The number of carboxylic acid groups (broad SMARTS) is 1. The fourth-order valence-electron chi connectivity index (χ4n) is 1.48. The van der Waals surface area contributed by atoms with Gasteiger partial charge in [0.1, 0.15) is 6.04 Å². The number of nitrogens with one attached hydrogen (secondary N) is 2. The number of primary amides is 2. The molecule has 1 aromatic rings. The zero-order chi connectivity index (χ0) is 16.0. The van der Waals surface area contributed by atoms with E-state index in [2.05, 4.69) is 10.6 Å². The van der Waals surface area contributed by atoms with Gasteiger partial charge < -0.3 is 27.2 Å². The summed E-state index contributed by atoms with van der Waals surface area (Å²) in [5.74, 6) is -2.93. The molecule has 7 N–H and O–H groups in total. The first kappa shape index (κ1) is 16.0. The van der Waals surface area contributed by atoms with Crippen molar-refractivity contribution >= 4 is 29.5 Å². The molecule has 0 saturated heterocycles. The van der Waals surface area contributed by atoms with E-state index in [4.69, 9.17) is 16.6 Å². The van der Waals surface area contributed by atoms with E-state index in [9.17, 15) is 19.2 Å². The lowest BCUT2D eigenvalue weighted by molar-refractivity contribution is -0.140. The van der Waals surface area contributed by atoms with E-state index in [1.165, 1.54) is 24.3 Å². The number of carboxylic acids is 1. The minimum Gasteiger partial charge on any atom is -0.480 e. The van der Waals surface area contributed by atoms with Crippen LogP contribution in [0.15, 0.2) is 24.3 Å². The van der Waals surface area contributed by atoms with Gasteiger partial charge in [-0.2, -0.15) is 0 Å². The first-order valence-corrected chi connectivity index (χ1v) is 5.78. The number of amides is 4. The van der Waals surface area contributed by atoms with Crippen LogP contribution >= 0.6 is 0 Å². The maximum atomic E-state index is 11.6. The van der Waals surface area contributed by atoms with Gasteiger partial charge in [0.2, 0.25) is 11.8 Å². The van der Waals surface area contributed by atoms with Gasteiger partial charge in [-0.25, -0.2) is 9.59 Å². The number of aliphatic carboxylic acids is 1. The minimum absolute atomic E-state index is 0.180. The van der Waals surface area contributed by atoms with Crippen LogP contribution in [0.2, 0.25) is 0 Å². The van der Waals surface area contributed by atoms with Gasteiger partial charge in [0.15, 0.2) is 0 Å². The molecule has 112 valence electrons. The zero-order valence-corrected chi connectivity index (χ0v) is 10.8. The zero-order valence-electron chi connectivity index (χ0n) is 10.8. The molecule has 1 rings (SSSR count). The number of carbonyl (C=O) groups is 4. The topological polar surface area (TPSA) is 165 Å². The van der Waals surface area contributed by atoms with E-state index in [0.717, 1.165) is 0 Å². The second kappa shape index (κ2) is 6.89. The van der Waals surface area contributed by atoms with E-state index < -0.39 is 36.3 Å². The lowest BCUT2D eigenvalue weighted by Crippen LogP contribution is -2.45. The Labute approximate surface area is 119 Å². The molecule has 4 amide bonds. The number of hydrogen-bond donors (Lipinski definition) is 5. The maximum absolute atomic E-state index is 11.6. The van der Waals surface area contributed by atoms with Crippen molar-refractivity contribution in [2.24, 2.45) is 11.5 Å². The van der Waals surface area contributed by atoms with Crippen molar-refractivity contribution in [2.45, 2.75) is 12.5 Å². The summed E-state index contributed by atoms with van der Waals surface area (Å²) in [6, 6.07) is 3.46. The van der Waals surface area contributed by atoms with Gasteiger partial charge in [-0.3, -0.25) is 9.59 Å². The molecule has 0 aliphatic carbocycles. The van der Waals surface area contributed by atoms with Crippen LogP contribution in [-0.2, 0) is 9.59 Å². The largest absolute Gasteiger partial charge is 0.480 e. The number of hydrogen-bond acceptors (Lipinski definition) is 4. The molecule has 0 spiro atoms. The molecule has 1 aromatic carbocycles. The number of rotatable bonds is 6. The summed E-state index contributed by atoms with van der Waals surface area (Å²) in [5.41, 5.74) is 10.4. The average molecular weight is 294 g/mol. The maximum Gasteiger partial charge on any atom is 0.326 e. The molecule has 0 aliphatic heterocycles. The highest BCUT2D eigenvalue weighted by molar-refractivity contribution is 5.97. The van der Waals surface area contributed by atoms with Gasteiger partial charge in [0, 0.05) is 11.3 Å². The van der Waals surface area contributed by atoms with Crippen molar-refractivity contribution in [1.82, 2.24) is 5.32 Å². The van der Waals surface area contributed by atoms with Crippen molar-refractivity contribution in [3.05, 3.63) is 29.8 Å². The van der Waals surface area contributed by atoms with Gasteiger partial charge in [0.05, 0.1) is 6.42 Å². The van der Waals surface area contributed by atoms with Crippen molar-refractivity contribution in [2.75, 3.05) is 5.32 Å². The SMILES string of the molecule is NC(=O)C[C@H](NC(=O)Nc1cccc(C(N)=O)c1)C(=O)O. The molecule has 0 saturated carbocycles. The van der Waals surface area contributed by atoms with Crippen LogP contribution < -0.4 is 22.1 Å². The number of benzene rings is 1. The quantitative estimate of drug-likeness (QED) is 0.464. The molecule has 0 radical (unpaired) electrons. The molecule has 0 fully saturated rings. The highest BCUT2D eigenvalue weighted by atomic mass is 16.4. The standard InChI is InChI=1S/C12H14N4O5/c13-9(17)5-8(11(19)20)16-12(21)15-7-3-1-2-6(4-7)10(14)18/h1-4,8H,5H2,(H2,13,17)(H2,14,18)(H,19,20)(H2,15,16,21)/t8-/m0/s1. The highest BCUT2D eigenvalue weighted by Gasteiger charge is 2.22. The summed E-state index contributed by atoms with van der Waals surface area (Å²) in [4.78, 5) is 44.2. The highest BCUT2D eigenvalue weighted by Crippen LogP contribution is 2.10. The molecular weight excluding hydrogens is 280 g/mol. The third kappa shape index (κ3) is 5.19. The summed E-state index contributed by atoms with van der Waals surface area (Å²) >= 11 is 0. The third-order valence-corrected chi connectivity index (χ3v) is 2.41. The van der Waals surface area contributed by atoms with Crippen LogP contribution in [0.4, 0.5) is 10.5 Å². The number of nitrogens with two attached hydrogens (primary N) is 2. The van der Waals surface area contributed by atoms with E-state index in [0.29, 0.717) is 0 Å². The average Bonchev–Trinajstić information content (AvgIpc) is 2.37. The summed E-state index contributed by atoms with van der Waals surface area (Å²) in [6.07, 6.45) is -0.538. The molecule has 0 bridgehead atoms. The molecule has 0 unspecified atom stereocenters. The molecule has 0 aromatic heterocycles. The Balaban J connectivity index is 2.72. The Hall–Kier alpha value is -3.10. The van der Waals surface area contributed by atoms with Crippen LogP contribution in [0.5, 0.6) is 0 Å². The van der Waals surface area contributed by atoms with E-state index in [1.807, 2.05) is 0 Å². The Morgan fingerprint density at radius 3 is 2.38 bits per heavy atom. The first-order chi connectivity index (χ1) is 9.79. The smallest absolute Gasteiger partial charge is 0.326 e. The van der Waals surface area contributed by atoms with Crippen LogP contribution in [0.3, 0.4) is 0 Å². The molecule has 21 heavy (non-hydrogen) atoms. The van der Waals surface area contributed by atoms with Crippen molar-refractivity contribution in [3.8, 4) is 0 Å². The number of urea groups is 1. The summed E-state index contributed by atoms with van der Waals surface area (Å²) in [5, 5.41) is 13.2. The fourth-order valence-corrected chi connectivity index (χ4v) is 1.48. The van der Waals surface area contributed by atoms with Gasteiger partial charge in [-0.15, -0.1) is 0 Å². The van der Waals surface area contributed by atoms with Crippen LogP contribution in [0.25, 0.3) is 0 Å². The molecule has 0 heterocycles. The Bertz CT molecular complexity index is 587. The Morgan fingerprint density at radius 1 is 1.19 bits per heavy atom. The molecule has 9 nitrogen and oxygen atoms in total.